The number of nitrogens with zero attached hydrogens (tertiary/aromatic N) is 4. The molecule has 3 fully saturated rings. The summed E-state index contributed by atoms with van der Waals surface area (Å²) < 4.78 is 1.09. The molecule has 0 spiro atoms. The van der Waals surface area contributed by atoms with Crippen LogP contribution in [0.3, 0.4) is 0 Å². The molecule has 10 heteroatoms. The molecule has 3 aliphatic rings. The van der Waals surface area contributed by atoms with Gasteiger partial charge in [-0.3, -0.25) is 4.98 Å². The van der Waals surface area contributed by atoms with Crippen LogP contribution in [-0.4, -0.2) is 66.7 Å². The molecule has 0 bridgehead atoms. The lowest BCUT2D eigenvalue weighted by Gasteiger charge is -2.21. The summed E-state index contributed by atoms with van der Waals surface area (Å²) in [4.78, 5) is 19.1. The summed E-state index contributed by atoms with van der Waals surface area (Å²) in [5.74, 6) is 1.92. The molecule has 34 heavy (non-hydrogen) atoms. The summed E-state index contributed by atoms with van der Waals surface area (Å²) >= 11 is 1.59. The van der Waals surface area contributed by atoms with Crippen LogP contribution in [0.5, 0.6) is 0 Å². The van der Waals surface area contributed by atoms with E-state index in [1.807, 2.05) is 19.2 Å². The van der Waals surface area contributed by atoms with Crippen molar-refractivity contribution in [1.29, 1.82) is 0 Å². The summed E-state index contributed by atoms with van der Waals surface area (Å²) in [7, 11) is 0. The highest BCUT2D eigenvalue weighted by molar-refractivity contribution is 7.21. The first-order chi connectivity index (χ1) is 16.5. The molecule has 0 radical (unpaired) electrons. The Bertz CT molecular complexity index is 1210. The number of thiazole rings is 1. The Hall–Kier alpha value is -2.40. The predicted octanol–water partition coefficient (Wildman–Crippen LogP) is 2.67. The van der Waals surface area contributed by atoms with E-state index >= 15 is 0 Å². The fourth-order valence-corrected chi connectivity index (χ4v) is 5.90. The predicted molar refractivity (Wildman–Crippen MR) is 131 cm³/mol. The van der Waals surface area contributed by atoms with Gasteiger partial charge in [0.2, 0.25) is 5.95 Å². The van der Waals surface area contributed by atoms with Gasteiger partial charge in [0.25, 0.3) is 0 Å². The van der Waals surface area contributed by atoms with Gasteiger partial charge in [0.1, 0.15) is 22.4 Å². The Labute approximate surface area is 201 Å². The summed E-state index contributed by atoms with van der Waals surface area (Å²) in [6.07, 6.45) is 5.10. The Kier molecular flexibility index (Phi) is 5.63. The highest BCUT2D eigenvalue weighted by Gasteiger charge is 2.41. The van der Waals surface area contributed by atoms with Gasteiger partial charge in [0, 0.05) is 31.2 Å². The molecule has 9 nitrogen and oxygen atoms in total. The standard InChI is InChI=1S/C24H30N6O3S/c1-11-17(23-29-19-16(34-23)6-7-25-18(19)13-4-5-13)22(30-24(27-11)26-9-12-2-3-12)28-15-8-14(10-31)20(32)21(15)33/h6-7,12-15,20-21,31-33H,2-5,8-10H2,1H3,(H2,26,27,28,30). The van der Waals surface area contributed by atoms with E-state index in [9.17, 15) is 15.3 Å². The number of fused-ring (bicyclic) bond motifs is 1. The quantitative estimate of drug-likeness (QED) is 0.328. The van der Waals surface area contributed by atoms with Crippen LogP contribution in [0.25, 0.3) is 20.8 Å². The van der Waals surface area contributed by atoms with E-state index in [0.717, 1.165) is 51.6 Å². The number of aryl methyl sites for hydroxylation is 1. The lowest BCUT2D eigenvalue weighted by Crippen LogP contribution is -2.35. The number of rotatable bonds is 8. The van der Waals surface area contributed by atoms with Crippen molar-refractivity contribution in [3.63, 3.8) is 0 Å². The zero-order valence-corrected chi connectivity index (χ0v) is 19.9. The Morgan fingerprint density at radius 2 is 1.91 bits per heavy atom. The highest BCUT2D eigenvalue weighted by atomic mass is 32.1. The van der Waals surface area contributed by atoms with Crippen molar-refractivity contribution < 1.29 is 15.3 Å². The van der Waals surface area contributed by atoms with Crippen LogP contribution in [0.2, 0.25) is 0 Å². The van der Waals surface area contributed by atoms with Gasteiger partial charge in [-0.15, -0.1) is 11.3 Å². The minimum Gasteiger partial charge on any atom is -0.396 e. The van der Waals surface area contributed by atoms with Crippen LogP contribution < -0.4 is 10.6 Å². The zero-order valence-electron chi connectivity index (χ0n) is 19.1. The van der Waals surface area contributed by atoms with E-state index in [4.69, 9.17) is 15.0 Å². The summed E-state index contributed by atoms with van der Waals surface area (Å²) in [5, 5.41) is 38.1. The molecule has 0 saturated heterocycles. The Morgan fingerprint density at radius 1 is 1.09 bits per heavy atom. The maximum absolute atomic E-state index is 10.6. The average Bonchev–Trinajstić information content (AvgIpc) is 3.75. The van der Waals surface area contributed by atoms with Crippen molar-refractivity contribution in [3.05, 3.63) is 23.7 Å². The number of anilines is 2. The van der Waals surface area contributed by atoms with Gasteiger partial charge >= 0.3 is 0 Å². The monoisotopic (exact) mass is 482 g/mol. The molecule has 0 aromatic carbocycles. The molecule has 180 valence electrons. The molecule has 3 aromatic heterocycles. The van der Waals surface area contributed by atoms with E-state index in [0.29, 0.717) is 30.0 Å². The third-order valence-corrected chi connectivity index (χ3v) is 8.25. The van der Waals surface area contributed by atoms with Crippen LogP contribution in [0.1, 0.15) is 49.4 Å². The smallest absolute Gasteiger partial charge is 0.224 e. The van der Waals surface area contributed by atoms with Crippen LogP contribution in [0.15, 0.2) is 12.3 Å². The fourth-order valence-electron chi connectivity index (χ4n) is 4.83. The van der Waals surface area contributed by atoms with Gasteiger partial charge in [-0.25, -0.2) is 9.97 Å². The van der Waals surface area contributed by atoms with Gasteiger partial charge < -0.3 is 26.0 Å². The van der Waals surface area contributed by atoms with Crippen molar-refractivity contribution in [2.24, 2.45) is 11.8 Å². The van der Waals surface area contributed by atoms with E-state index in [1.165, 1.54) is 12.8 Å². The van der Waals surface area contributed by atoms with Crippen LogP contribution >= 0.6 is 11.3 Å². The highest BCUT2D eigenvalue weighted by Crippen LogP contribution is 2.44. The van der Waals surface area contributed by atoms with Crippen molar-refractivity contribution >= 4 is 33.3 Å². The molecule has 4 atom stereocenters. The third-order valence-electron chi connectivity index (χ3n) is 7.21. The number of hydrogen-bond donors (Lipinski definition) is 5. The molecule has 3 aliphatic carbocycles. The molecule has 0 amide bonds. The van der Waals surface area contributed by atoms with Crippen molar-refractivity contribution in [2.75, 3.05) is 23.8 Å². The number of hydrogen-bond acceptors (Lipinski definition) is 10. The molecule has 5 N–H and O–H groups in total. The number of nitrogens with one attached hydrogen (secondary N) is 2. The lowest BCUT2D eigenvalue weighted by atomic mass is 10.1. The second-order valence-corrected chi connectivity index (χ2v) is 11.0. The third kappa shape index (κ3) is 4.13. The summed E-state index contributed by atoms with van der Waals surface area (Å²) in [5.41, 5.74) is 3.61. The molecule has 4 unspecified atom stereocenters. The molecule has 0 aliphatic heterocycles. The minimum atomic E-state index is -0.996. The van der Waals surface area contributed by atoms with Crippen LogP contribution in [0.4, 0.5) is 11.8 Å². The maximum atomic E-state index is 10.6. The van der Waals surface area contributed by atoms with Gasteiger partial charge in [-0.1, -0.05) is 0 Å². The van der Waals surface area contributed by atoms with Gasteiger partial charge in [-0.2, -0.15) is 4.98 Å². The summed E-state index contributed by atoms with van der Waals surface area (Å²) in [6.45, 7) is 2.62. The maximum Gasteiger partial charge on any atom is 0.224 e. The average molecular weight is 483 g/mol. The van der Waals surface area contributed by atoms with Crippen LogP contribution in [0, 0.1) is 18.8 Å². The van der Waals surface area contributed by atoms with Crippen LogP contribution in [-0.2, 0) is 0 Å². The zero-order chi connectivity index (χ0) is 23.4. The van der Waals surface area contributed by atoms with E-state index < -0.39 is 18.2 Å². The molecule has 3 saturated carbocycles. The van der Waals surface area contributed by atoms with E-state index in [2.05, 4.69) is 15.6 Å². The second-order valence-electron chi connectivity index (χ2n) is 9.93. The Balaban J connectivity index is 1.39. The summed E-state index contributed by atoms with van der Waals surface area (Å²) in [6, 6.07) is 1.56. The van der Waals surface area contributed by atoms with Gasteiger partial charge in [0.15, 0.2) is 0 Å². The Morgan fingerprint density at radius 3 is 2.62 bits per heavy atom. The molecule has 3 aromatic rings. The topological polar surface area (TPSA) is 136 Å². The van der Waals surface area contributed by atoms with E-state index in [1.54, 1.807) is 11.3 Å². The number of aliphatic hydroxyl groups is 3. The lowest BCUT2D eigenvalue weighted by molar-refractivity contribution is 0.00446. The molecular formula is C24H30N6O3S. The minimum absolute atomic E-state index is 0.172. The fraction of sp³-hybridized carbons (Fsp3) is 0.583. The van der Waals surface area contributed by atoms with Gasteiger partial charge in [-0.05, 0) is 51.0 Å². The number of pyridine rings is 1. The first-order valence-corrected chi connectivity index (χ1v) is 12.9. The first kappa shape index (κ1) is 22.1. The number of aliphatic hydroxyl groups excluding tert-OH is 3. The van der Waals surface area contributed by atoms with Gasteiger partial charge in [0.05, 0.1) is 33.8 Å². The molecular weight excluding hydrogens is 452 g/mol. The van der Waals surface area contributed by atoms with Crippen molar-refractivity contribution in [3.8, 4) is 10.6 Å². The SMILES string of the molecule is Cc1nc(NCC2CC2)nc(NC2CC(CO)C(O)C2O)c1-c1nc2c(C3CC3)nccc2s1. The molecule has 6 rings (SSSR count). The normalized spacial score (nSPS) is 26.8. The van der Waals surface area contributed by atoms with Crippen molar-refractivity contribution in [2.45, 2.75) is 63.2 Å². The second kappa shape index (κ2) is 8.67. The first-order valence-electron chi connectivity index (χ1n) is 12.1. The van der Waals surface area contributed by atoms with E-state index in [-0.39, 0.29) is 12.5 Å². The molecule has 3 heterocycles. The largest absolute Gasteiger partial charge is 0.396 e. The van der Waals surface area contributed by atoms with Crippen molar-refractivity contribution in [1.82, 2.24) is 19.9 Å². The number of aromatic nitrogens is 4.